The van der Waals surface area contributed by atoms with Crippen LogP contribution in [0.3, 0.4) is 0 Å². The predicted octanol–water partition coefficient (Wildman–Crippen LogP) is 3.77. The molecule has 2 unspecified atom stereocenters. The molecule has 0 aromatic carbocycles. The number of allylic oxidation sites excluding steroid dienone is 2. The zero-order chi connectivity index (χ0) is 14.2. The van der Waals surface area contributed by atoms with E-state index < -0.39 is 5.60 Å². The molecule has 0 aliphatic heterocycles. The Morgan fingerprint density at radius 2 is 1.78 bits per heavy atom. The van der Waals surface area contributed by atoms with Gasteiger partial charge in [0.2, 0.25) is 0 Å². The van der Waals surface area contributed by atoms with Gasteiger partial charge < -0.3 is 5.11 Å². The van der Waals surface area contributed by atoms with Gasteiger partial charge in [-0.3, -0.25) is 4.99 Å². The van der Waals surface area contributed by atoms with Crippen LogP contribution in [0, 0.1) is 11.3 Å². The van der Waals surface area contributed by atoms with Gasteiger partial charge >= 0.3 is 0 Å². The van der Waals surface area contributed by atoms with E-state index in [4.69, 9.17) is 0 Å². The third kappa shape index (κ3) is 3.81. The first-order valence-electron chi connectivity index (χ1n) is 6.60. The van der Waals surface area contributed by atoms with Crippen molar-refractivity contribution < 1.29 is 5.11 Å². The molecule has 102 valence electrons. The van der Waals surface area contributed by atoms with Crippen molar-refractivity contribution >= 4 is 6.21 Å². The molecule has 0 spiro atoms. The van der Waals surface area contributed by atoms with Gasteiger partial charge in [0.1, 0.15) is 5.60 Å². The highest BCUT2D eigenvalue weighted by atomic mass is 16.3. The molecule has 1 N–H and O–H groups in total. The molecule has 2 nitrogen and oxygen atoms in total. The van der Waals surface area contributed by atoms with Crippen LogP contribution in [0.1, 0.15) is 48.5 Å². The molecule has 1 aliphatic rings. The molecule has 0 fully saturated rings. The Morgan fingerprint density at radius 1 is 1.22 bits per heavy atom. The molecule has 0 saturated heterocycles. The summed E-state index contributed by atoms with van der Waals surface area (Å²) in [5.41, 5.74) is 0.0431. The van der Waals surface area contributed by atoms with Crippen molar-refractivity contribution in [3.05, 3.63) is 23.8 Å². The molecule has 0 aromatic heterocycles. The SMILES string of the molecule is CC1=CC(C(C)(C)C)C(O)(C=NC(C)(C)C)C=C1. The maximum absolute atomic E-state index is 10.9. The Hall–Kier alpha value is -0.890. The van der Waals surface area contributed by atoms with Crippen LogP contribution in [-0.2, 0) is 0 Å². The molecule has 1 aliphatic carbocycles. The number of hydrogen-bond donors (Lipinski definition) is 1. The fourth-order valence-corrected chi connectivity index (χ4v) is 2.18. The summed E-state index contributed by atoms with van der Waals surface area (Å²) in [6.45, 7) is 14.6. The summed E-state index contributed by atoms with van der Waals surface area (Å²) in [5.74, 6) is 0.0427. The molecule has 0 amide bonds. The van der Waals surface area contributed by atoms with Gasteiger partial charge in [-0.1, -0.05) is 38.5 Å². The Kier molecular flexibility index (Phi) is 3.92. The molecular formula is C16H27NO. The standard InChI is InChI=1S/C16H27NO/c1-12-8-9-16(18,11-17-15(5,6)7)13(10-12)14(2,3)4/h8-11,13,18H,1-7H3. The topological polar surface area (TPSA) is 32.6 Å². The lowest BCUT2D eigenvalue weighted by Crippen LogP contribution is -2.45. The van der Waals surface area contributed by atoms with Gasteiger partial charge in [0.15, 0.2) is 0 Å². The summed E-state index contributed by atoms with van der Waals surface area (Å²) in [6, 6.07) is 0. The second-order valence-electron chi connectivity index (χ2n) is 7.40. The van der Waals surface area contributed by atoms with Crippen molar-refractivity contribution in [1.29, 1.82) is 0 Å². The minimum Gasteiger partial charge on any atom is -0.379 e. The number of nitrogens with zero attached hydrogens (tertiary/aromatic N) is 1. The first-order valence-corrected chi connectivity index (χ1v) is 6.60. The molecule has 0 bridgehead atoms. The summed E-state index contributed by atoms with van der Waals surface area (Å²) in [6.07, 6.45) is 7.70. The summed E-state index contributed by atoms with van der Waals surface area (Å²) in [7, 11) is 0. The first-order chi connectivity index (χ1) is 7.94. The van der Waals surface area contributed by atoms with E-state index >= 15 is 0 Å². The van der Waals surface area contributed by atoms with Crippen LogP contribution in [0.25, 0.3) is 0 Å². The molecule has 0 radical (unpaired) electrons. The van der Waals surface area contributed by atoms with Crippen LogP contribution in [0.4, 0.5) is 0 Å². The highest BCUT2D eigenvalue weighted by Crippen LogP contribution is 2.39. The van der Waals surface area contributed by atoms with Crippen LogP contribution in [0.5, 0.6) is 0 Å². The van der Waals surface area contributed by atoms with E-state index in [9.17, 15) is 5.11 Å². The third-order valence-electron chi connectivity index (χ3n) is 3.13. The number of aliphatic hydroxyl groups is 1. The van der Waals surface area contributed by atoms with Crippen LogP contribution in [0.15, 0.2) is 28.8 Å². The van der Waals surface area contributed by atoms with Crippen molar-refractivity contribution in [2.24, 2.45) is 16.3 Å². The van der Waals surface area contributed by atoms with Crippen molar-refractivity contribution in [2.75, 3.05) is 0 Å². The summed E-state index contributed by atoms with van der Waals surface area (Å²) in [5, 5.41) is 10.9. The molecule has 18 heavy (non-hydrogen) atoms. The maximum Gasteiger partial charge on any atom is 0.124 e. The van der Waals surface area contributed by atoms with Gasteiger partial charge in [-0.25, -0.2) is 0 Å². The van der Waals surface area contributed by atoms with Crippen LogP contribution in [-0.4, -0.2) is 22.5 Å². The van der Waals surface area contributed by atoms with Crippen molar-refractivity contribution in [3.63, 3.8) is 0 Å². The largest absolute Gasteiger partial charge is 0.379 e. The van der Waals surface area contributed by atoms with Gasteiger partial charge in [-0.2, -0.15) is 0 Å². The zero-order valence-electron chi connectivity index (χ0n) is 12.8. The molecule has 1 rings (SSSR count). The number of rotatable bonds is 1. The van der Waals surface area contributed by atoms with Gasteiger partial charge in [-0.05, 0) is 39.2 Å². The average molecular weight is 249 g/mol. The van der Waals surface area contributed by atoms with Gasteiger partial charge in [-0.15, -0.1) is 0 Å². The molecule has 0 aromatic rings. The number of aliphatic imine (C=N–C) groups is 1. The van der Waals surface area contributed by atoms with E-state index in [0.29, 0.717) is 0 Å². The second kappa shape index (κ2) is 4.65. The second-order valence-corrected chi connectivity index (χ2v) is 7.40. The molecule has 2 heteroatoms. The van der Waals surface area contributed by atoms with Crippen molar-refractivity contribution in [1.82, 2.24) is 0 Å². The van der Waals surface area contributed by atoms with E-state index in [0.717, 1.165) is 0 Å². The molecule has 0 saturated carbocycles. The Balaban J connectivity index is 3.13. The molecule has 0 heterocycles. The first kappa shape index (κ1) is 15.2. The summed E-state index contributed by atoms with van der Waals surface area (Å²) < 4.78 is 0. The molecule has 2 atom stereocenters. The minimum absolute atomic E-state index is 0.00925. The fraction of sp³-hybridized carbons (Fsp3) is 0.688. The van der Waals surface area contributed by atoms with Crippen molar-refractivity contribution in [2.45, 2.75) is 59.6 Å². The normalized spacial score (nSPS) is 29.8. The zero-order valence-corrected chi connectivity index (χ0v) is 12.8. The van der Waals surface area contributed by atoms with E-state index in [-0.39, 0.29) is 16.9 Å². The lowest BCUT2D eigenvalue weighted by molar-refractivity contribution is 0.0607. The van der Waals surface area contributed by atoms with Gasteiger partial charge in [0.25, 0.3) is 0 Å². The molecular weight excluding hydrogens is 222 g/mol. The van der Waals surface area contributed by atoms with Gasteiger partial charge in [0.05, 0.1) is 5.54 Å². The van der Waals surface area contributed by atoms with E-state index in [1.54, 1.807) is 6.21 Å². The number of hydrogen-bond acceptors (Lipinski definition) is 2. The summed E-state index contributed by atoms with van der Waals surface area (Å²) >= 11 is 0. The van der Waals surface area contributed by atoms with Gasteiger partial charge in [0, 0.05) is 12.1 Å². The Morgan fingerprint density at radius 3 is 2.22 bits per heavy atom. The third-order valence-corrected chi connectivity index (χ3v) is 3.13. The van der Waals surface area contributed by atoms with E-state index in [2.05, 4.69) is 38.8 Å². The van der Waals surface area contributed by atoms with E-state index in [1.807, 2.05) is 32.9 Å². The fourth-order valence-electron chi connectivity index (χ4n) is 2.18. The quantitative estimate of drug-likeness (QED) is 0.705. The minimum atomic E-state index is -0.981. The van der Waals surface area contributed by atoms with Crippen molar-refractivity contribution in [3.8, 4) is 0 Å². The Labute approximate surface area is 112 Å². The summed E-state index contributed by atoms with van der Waals surface area (Å²) in [4.78, 5) is 4.49. The smallest absolute Gasteiger partial charge is 0.124 e. The van der Waals surface area contributed by atoms with Crippen LogP contribution < -0.4 is 0 Å². The lowest BCUT2D eigenvalue weighted by atomic mass is 9.68. The Bertz CT molecular complexity index is 390. The lowest BCUT2D eigenvalue weighted by Gasteiger charge is -2.40. The predicted molar refractivity (Wildman–Crippen MR) is 79.0 cm³/mol. The van der Waals surface area contributed by atoms with Crippen LogP contribution >= 0.6 is 0 Å². The van der Waals surface area contributed by atoms with E-state index in [1.165, 1.54) is 5.57 Å². The monoisotopic (exact) mass is 249 g/mol. The average Bonchev–Trinajstić information content (AvgIpc) is 2.17. The highest BCUT2D eigenvalue weighted by Gasteiger charge is 2.40. The highest BCUT2D eigenvalue weighted by molar-refractivity contribution is 5.74. The van der Waals surface area contributed by atoms with Crippen LogP contribution in [0.2, 0.25) is 0 Å². The maximum atomic E-state index is 10.9.